The number of hydrogen-bond acceptors (Lipinski definition) is 0. The molecule has 0 aromatic rings. The van der Waals surface area contributed by atoms with Crippen molar-refractivity contribution in [1.29, 1.82) is 0 Å². The third-order valence-electron chi connectivity index (χ3n) is 0. The molecule has 0 aliphatic rings. The van der Waals surface area contributed by atoms with Gasteiger partial charge in [0.1, 0.15) is 0 Å². The first-order valence-corrected chi connectivity index (χ1v) is 0. The van der Waals surface area contributed by atoms with Gasteiger partial charge in [0.05, 0.1) is 0 Å². The van der Waals surface area contributed by atoms with E-state index < -0.39 is 0 Å². The molecule has 0 aliphatic carbocycles. The van der Waals surface area contributed by atoms with Crippen molar-refractivity contribution in [2.24, 2.45) is 0 Å². The molecule has 0 N–H and O–H groups in total. The van der Waals surface area contributed by atoms with E-state index in [4.69, 9.17) is 0 Å². The zero-order chi connectivity index (χ0) is 0. The van der Waals surface area contributed by atoms with Crippen LogP contribution in [0.5, 0.6) is 0 Å². The van der Waals surface area contributed by atoms with Gasteiger partial charge in [-0.1, -0.05) is 0 Å². The van der Waals surface area contributed by atoms with Crippen LogP contribution in [0.15, 0.2) is 0 Å². The fourth-order valence-corrected chi connectivity index (χ4v) is 0. The molecule has 0 radical (unpaired) electrons. The van der Waals surface area contributed by atoms with E-state index in [-0.39, 0.29) is 153 Å². The van der Waals surface area contributed by atoms with Gasteiger partial charge in [-0.15, -0.1) is 74.4 Å². The molecule has 0 atom stereocenters. The second-order valence-electron chi connectivity index (χ2n) is 0. The Morgan fingerprint density at radius 1 is 0.333 bits per heavy atom. The molecule has 0 nitrogen and oxygen atoms in total. The average Bonchev–Trinajstić information content (AvgIpc) is 0. The predicted molar refractivity (Wildman–Crippen MR) is 57.8 cm³/mol. The normalized spacial score (nSPS) is 0. The number of rotatable bonds is 0. The van der Waals surface area contributed by atoms with E-state index >= 15 is 0 Å². The summed E-state index contributed by atoms with van der Waals surface area (Å²) in [4.78, 5) is 0. The smallest absolute Gasteiger partial charge is 0 e. The first-order chi connectivity index (χ1) is 0. The zero-order valence-corrected chi connectivity index (χ0v) is 10.2. The standard InChI is InChI=1S/6ClH.2Na.Os.2H/h6*1H;;;;;. The summed E-state index contributed by atoms with van der Waals surface area (Å²) in [5, 5.41) is 0. The maximum Gasteiger partial charge on any atom is 0 e. The minimum Gasteiger partial charge on any atom is 0 e. The van der Waals surface area contributed by atoms with E-state index in [9.17, 15) is 0 Å². The Labute approximate surface area is 150 Å². The van der Waals surface area contributed by atoms with Crippen molar-refractivity contribution in [1.82, 2.24) is 0 Å². The van der Waals surface area contributed by atoms with Crippen molar-refractivity contribution < 1.29 is 19.8 Å². The zero-order valence-electron chi connectivity index (χ0n) is 2.80. The minimum atomic E-state index is 0. The van der Waals surface area contributed by atoms with E-state index in [0.717, 1.165) is 0 Å². The third kappa shape index (κ3) is 69.6. The predicted octanol–water partition coefficient (Wildman–Crippen LogP) is 1.23. The van der Waals surface area contributed by atoms with Crippen molar-refractivity contribution in [3.63, 3.8) is 0 Å². The van der Waals surface area contributed by atoms with Gasteiger partial charge in [-0.2, -0.15) is 0 Å². The third-order valence-corrected chi connectivity index (χ3v) is 0. The molecule has 9 heteroatoms. The van der Waals surface area contributed by atoms with Gasteiger partial charge in [0.15, 0.2) is 0 Å². The van der Waals surface area contributed by atoms with E-state index in [2.05, 4.69) is 0 Å². The fraction of sp³-hybridized carbons (Fsp3) is 0. The summed E-state index contributed by atoms with van der Waals surface area (Å²) < 4.78 is 0. The molecule has 9 heavy (non-hydrogen) atoms. The van der Waals surface area contributed by atoms with Crippen LogP contribution in [0.2, 0.25) is 0 Å². The summed E-state index contributed by atoms with van der Waals surface area (Å²) in [7, 11) is 0. The van der Waals surface area contributed by atoms with Crippen molar-refractivity contribution in [2.45, 2.75) is 0 Å². The Balaban J connectivity index is 0. The largest absolute Gasteiger partial charge is 0 e. The molecule has 60 valence electrons. The monoisotopic (exact) mass is 456 g/mol. The Kier molecular flexibility index (Phi) is 994. The topological polar surface area (TPSA) is 0 Å². The summed E-state index contributed by atoms with van der Waals surface area (Å²) in [5.41, 5.74) is 0. The van der Waals surface area contributed by atoms with Crippen LogP contribution in [0.3, 0.4) is 0 Å². The summed E-state index contributed by atoms with van der Waals surface area (Å²) >= 11 is 0. The molecule has 0 fully saturated rings. The maximum atomic E-state index is 0. The molecular formula is H8Cl6Na2Os. The van der Waals surface area contributed by atoms with E-state index in [0.29, 0.717) is 0 Å². The van der Waals surface area contributed by atoms with Crippen molar-refractivity contribution in [3.8, 4) is 0 Å². The van der Waals surface area contributed by atoms with Crippen LogP contribution in [0.4, 0.5) is 0 Å². The molecule has 0 aromatic heterocycles. The molecule has 0 bridgehead atoms. The van der Waals surface area contributed by atoms with E-state index in [1.54, 1.807) is 0 Å². The fourth-order valence-electron chi connectivity index (χ4n) is 0. The van der Waals surface area contributed by atoms with Crippen LogP contribution >= 0.6 is 74.4 Å². The summed E-state index contributed by atoms with van der Waals surface area (Å²) in [6, 6.07) is 0. The average molecular weight is 457 g/mol. The summed E-state index contributed by atoms with van der Waals surface area (Å²) in [6.07, 6.45) is 0. The van der Waals surface area contributed by atoms with Crippen molar-refractivity contribution in [3.05, 3.63) is 0 Å². The van der Waals surface area contributed by atoms with Crippen LogP contribution < -0.4 is 0 Å². The number of hydrogen-bond donors (Lipinski definition) is 0. The Morgan fingerprint density at radius 3 is 0.333 bits per heavy atom. The molecule has 0 unspecified atom stereocenters. The van der Waals surface area contributed by atoms with Crippen molar-refractivity contribution in [2.75, 3.05) is 0 Å². The van der Waals surface area contributed by atoms with Crippen LogP contribution in [-0.4, -0.2) is 59.1 Å². The van der Waals surface area contributed by atoms with Gasteiger partial charge in [-0.3, -0.25) is 0 Å². The Morgan fingerprint density at radius 2 is 0.333 bits per heavy atom. The molecule has 0 saturated heterocycles. The maximum absolute atomic E-state index is 0. The van der Waals surface area contributed by atoms with Gasteiger partial charge in [0.2, 0.25) is 0 Å². The second-order valence-corrected chi connectivity index (χ2v) is 0. The van der Waals surface area contributed by atoms with E-state index in [1.165, 1.54) is 0 Å². The molecule has 0 heterocycles. The van der Waals surface area contributed by atoms with Crippen LogP contribution in [-0.2, 0) is 19.8 Å². The molecule has 0 saturated carbocycles. The SMILES string of the molecule is Cl.Cl.Cl.Cl.Cl.Cl.[NaH].[NaH].[Os]. The molecule has 0 amide bonds. The summed E-state index contributed by atoms with van der Waals surface area (Å²) in [5.74, 6) is 0. The second kappa shape index (κ2) is 83.6. The first kappa shape index (κ1) is 107. The molecule has 0 spiro atoms. The quantitative estimate of drug-likeness (QED) is 0.481. The Bertz CT molecular complexity index is 11.0. The molecular weight excluding hydrogens is 449 g/mol. The van der Waals surface area contributed by atoms with Crippen LogP contribution in [0.25, 0.3) is 0 Å². The van der Waals surface area contributed by atoms with Gasteiger partial charge >= 0.3 is 59.1 Å². The summed E-state index contributed by atoms with van der Waals surface area (Å²) in [6.45, 7) is 0. The van der Waals surface area contributed by atoms with Gasteiger partial charge < -0.3 is 0 Å². The first-order valence-electron chi connectivity index (χ1n) is 0. The van der Waals surface area contributed by atoms with Gasteiger partial charge in [0, 0.05) is 19.8 Å². The molecule has 0 rings (SSSR count). The minimum absolute atomic E-state index is 0. The van der Waals surface area contributed by atoms with Gasteiger partial charge in [-0.05, 0) is 0 Å². The van der Waals surface area contributed by atoms with Crippen LogP contribution in [0, 0.1) is 0 Å². The molecule has 0 aromatic carbocycles. The van der Waals surface area contributed by atoms with Gasteiger partial charge in [0.25, 0.3) is 0 Å². The van der Waals surface area contributed by atoms with Crippen molar-refractivity contribution >= 4 is 134 Å². The number of halogens is 6. The van der Waals surface area contributed by atoms with Crippen LogP contribution in [0.1, 0.15) is 0 Å². The van der Waals surface area contributed by atoms with E-state index in [1.807, 2.05) is 0 Å². The Hall–Kier alpha value is 4.38. The van der Waals surface area contributed by atoms with Gasteiger partial charge in [-0.25, -0.2) is 0 Å². The molecule has 0 aliphatic heterocycles.